The zero-order valence-corrected chi connectivity index (χ0v) is 15.9. The van der Waals surface area contributed by atoms with Crippen LogP contribution in [0.15, 0.2) is 54.6 Å². The van der Waals surface area contributed by atoms with Crippen LogP contribution < -0.4 is 10.6 Å². The van der Waals surface area contributed by atoms with Gasteiger partial charge in [0, 0.05) is 30.7 Å². The Kier molecular flexibility index (Phi) is 8.38. The molecule has 0 aliphatic rings. The monoisotopic (exact) mass is 386 g/mol. The van der Waals surface area contributed by atoms with Crippen LogP contribution in [0.3, 0.4) is 0 Å². The lowest BCUT2D eigenvalue weighted by molar-refractivity contribution is -0.124. The third-order valence-corrected chi connectivity index (χ3v) is 4.46. The van der Waals surface area contributed by atoms with Gasteiger partial charge >= 0.3 is 5.97 Å². The minimum atomic E-state index is -0.615. The summed E-state index contributed by atoms with van der Waals surface area (Å²) in [5, 5.41) is 5.31. The summed E-state index contributed by atoms with van der Waals surface area (Å²) in [5.74, 6) is 0.464. The molecule has 0 aliphatic heterocycles. The first-order valence-corrected chi connectivity index (χ1v) is 9.63. The Labute approximate surface area is 162 Å². The Morgan fingerprint density at radius 1 is 1.04 bits per heavy atom. The lowest BCUT2D eigenvalue weighted by Gasteiger charge is -2.08. The van der Waals surface area contributed by atoms with Crippen molar-refractivity contribution in [1.82, 2.24) is 5.32 Å². The molecule has 0 fully saturated rings. The van der Waals surface area contributed by atoms with Gasteiger partial charge in [0.2, 0.25) is 5.91 Å². The second kappa shape index (κ2) is 11.0. The van der Waals surface area contributed by atoms with Gasteiger partial charge in [-0.25, -0.2) is 4.79 Å². The standard InChI is InChI=1S/C20H22N2O4S/c1-15(23)22-18-9-5-8-17(12-18)20(25)26-13-19(24)21-10-11-27-14-16-6-3-2-4-7-16/h2-9,12H,10-11,13-14H2,1H3,(H,21,24)(H,22,23). The minimum Gasteiger partial charge on any atom is -0.452 e. The fraction of sp³-hybridized carbons (Fsp3) is 0.250. The van der Waals surface area contributed by atoms with E-state index >= 15 is 0 Å². The van der Waals surface area contributed by atoms with Gasteiger partial charge in [-0.1, -0.05) is 36.4 Å². The van der Waals surface area contributed by atoms with Crippen LogP contribution in [0.1, 0.15) is 22.8 Å². The molecule has 0 unspecified atom stereocenters. The molecule has 0 saturated carbocycles. The number of thioether (sulfide) groups is 1. The highest BCUT2D eigenvalue weighted by molar-refractivity contribution is 7.98. The minimum absolute atomic E-state index is 0.231. The van der Waals surface area contributed by atoms with Crippen molar-refractivity contribution in [2.24, 2.45) is 0 Å². The van der Waals surface area contributed by atoms with Crippen molar-refractivity contribution >= 4 is 35.2 Å². The van der Waals surface area contributed by atoms with Gasteiger partial charge in [0.15, 0.2) is 6.61 Å². The average Bonchev–Trinajstić information content (AvgIpc) is 2.66. The molecular weight excluding hydrogens is 364 g/mol. The SMILES string of the molecule is CC(=O)Nc1cccc(C(=O)OCC(=O)NCCSCc2ccccc2)c1. The number of anilines is 1. The highest BCUT2D eigenvalue weighted by Crippen LogP contribution is 2.12. The molecule has 0 bridgehead atoms. The summed E-state index contributed by atoms with van der Waals surface area (Å²) in [7, 11) is 0. The van der Waals surface area contributed by atoms with Crippen molar-refractivity contribution in [1.29, 1.82) is 0 Å². The van der Waals surface area contributed by atoms with Crippen LogP contribution in [0, 0.1) is 0 Å². The number of nitrogens with one attached hydrogen (secondary N) is 2. The first-order chi connectivity index (χ1) is 13.0. The molecule has 0 radical (unpaired) electrons. The predicted molar refractivity (Wildman–Crippen MR) is 107 cm³/mol. The molecule has 6 nitrogen and oxygen atoms in total. The summed E-state index contributed by atoms with van der Waals surface area (Å²) in [4.78, 5) is 34.8. The van der Waals surface area contributed by atoms with Gasteiger partial charge in [-0.05, 0) is 23.8 Å². The molecule has 2 aromatic rings. The van der Waals surface area contributed by atoms with E-state index in [0.29, 0.717) is 12.2 Å². The van der Waals surface area contributed by atoms with Crippen molar-refractivity contribution in [2.75, 3.05) is 24.2 Å². The van der Waals surface area contributed by atoms with Gasteiger partial charge in [0.05, 0.1) is 5.56 Å². The van der Waals surface area contributed by atoms with Gasteiger partial charge in [0.25, 0.3) is 5.91 Å². The molecule has 0 atom stereocenters. The molecule has 0 saturated heterocycles. The Hall–Kier alpha value is -2.80. The van der Waals surface area contributed by atoms with Crippen LogP contribution in [0.4, 0.5) is 5.69 Å². The Balaban J connectivity index is 1.64. The number of benzene rings is 2. The third-order valence-electron chi connectivity index (χ3n) is 3.43. The van der Waals surface area contributed by atoms with Crippen LogP contribution >= 0.6 is 11.8 Å². The van der Waals surface area contributed by atoms with E-state index in [1.54, 1.807) is 30.0 Å². The quantitative estimate of drug-likeness (QED) is 0.511. The van der Waals surface area contributed by atoms with E-state index in [-0.39, 0.29) is 24.0 Å². The van der Waals surface area contributed by atoms with Gasteiger partial charge in [0.1, 0.15) is 0 Å². The largest absolute Gasteiger partial charge is 0.452 e. The van der Waals surface area contributed by atoms with Gasteiger partial charge in [-0.15, -0.1) is 0 Å². The fourth-order valence-corrected chi connectivity index (χ4v) is 3.04. The van der Waals surface area contributed by atoms with E-state index in [2.05, 4.69) is 22.8 Å². The molecule has 0 spiro atoms. The van der Waals surface area contributed by atoms with Crippen LogP contribution in [0.2, 0.25) is 0 Å². The molecule has 7 heteroatoms. The maximum absolute atomic E-state index is 12.0. The van der Waals surface area contributed by atoms with Crippen LogP contribution in [0.5, 0.6) is 0 Å². The van der Waals surface area contributed by atoms with Crippen molar-refractivity contribution in [3.05, 3.63) is 65.7 Å². The van der Waals surface area contributed by atoms with E-state index in [9.17, 15) is 14.4 Å². The third kappa shape index (κ3) is 7.96. The average molecular weight is 386 g/mol. The molecule has 2 rings (SSSR count). The molecule has 27 heavy (non-hydrogen) atoms. The summed E-state index contributed by atoms with van der Waals surface area (Å²) in [6.45, 7) is 1.55. The topological polar surface area (TPSA) is 84.5 Å². The van der Waals surface area contributed by atoms with Gasteiger partial charge in [-0.3, -0.25) is 9.59 Å². The van der Waals surface area contributed by atoms with Crippen molar-refractivity contribution in [3.8, 4) is 0 Å². The van der Waals surface area contributed by atoms with E-state index in [4.69, 9.17) is 4.74 Å². The Bertz CT molecular complexity index is 781. The molecule has 0 aromatic heterocycles. The van der Waals surface area contributed by atoms with E-state index < -0.39 is 5.97 Å². The highest BCUT2D eigenvalue weighted by Gasteiger charge is 2.11. The van der Waals surface area contributed by atoms with Gasteiger partial charge < -0.3 is 15.4 Å². The van der Waals surface area contributed by atoms with Crippen LogP contribution in [-0.2, 0) is 20.1 Å². The lowest BCUT2D eigenvalue weighted by Crippen LogP contribution is -2.30. The summed E-state index contributed by atoms with van der Waals surface area (Å²) in [6.07, 6.45) is 0. The molecule has 0 heterocycles. The summed E-state index contributed by atoms with van der Waals surface area (Å²) in [6, 6.07) is 16.5. The second-order valence-electron chi connectivity index (χ2n) is 5.73. The Morgan fingerprint density at radius 3 is 2.56 bits per heavy atom. The summed E-state index contributed by atoms with van der Waals surface area (Å²) in [5.41, 5.74) is 2.01. The molecular formula is C20H22N2O4S. The first kappa shape index (κ1) is 20.5. The summed E-state index contributed by atoms with van der Waals surface area (Å²) >= 11 is 1.72. The summed E-state index contributed by atoms with van der Waals surface area (Å²) < 4.78 is 5.01. The normalized spacial score (nSPS) is 10.1. The number of rotatable bonds is 9. The lowest BCUT2D eigenvalue weighted by atomic mass is 10.2. The van der Waals surface area contributed by atoms with Gasteiger partial charge in [-0.2, -0.15) is 11.8 Å². The van der Waals surface area contributed by atoms with E-state index in [0.717, 1.165) is 11.5 Å². The van der Waals surface area contributed by atoms with Crippen LogP contribution in [-0.4, -0.2) is 36.7 Å². The number of carbonyl (C=O) groups excluding carboxylic acids is 3. The zero-order valence-electron chi connectivity index (χ0n) is 15.1. The second-order valence-corrected chi connectivity index (χ2v) is 6.83. The van der Waals surface area contributed by atoms with Crippen molar-refractivity contribution < 1.29 is 19.1 Å². The highest BCUT2D eigenvalue weighted by atomic mass is 32.2. The van der Waals surface area contributed by atoms with E-state index in [1.807, 2.05) is 18.2 Å². The van der Waals surface area contributed by atoms with Crippen molar-refractivity contribution in [3.63, 3.8) is 0 Å². The molecule has 2 N–H and O–H groups in total. The number of hydrogen-bond acceptors (Lipinski definition) is 5. The maximum atomic E-state index is 12.0. The number of amides is 2. The molecule has 2 amide bonds. The van der Waals surface area contributed by atoms with E-state index in [1.165, 1.54) is 18.6 Å². The molecule has 142 valence electrons. The Morgan fingerprint density at radius 2 is 1.81 bits per heavy atom. The smallest absolute Gasteiger partial charge is 0.338 e. The number of ether oxygens (including phenoxy) is 1. The predicted octanol–water partition coefficient (Wildman–Crippen LogP) is 2.85. The molecule has 2 aromatic carbocycles. The van der Waals surface area contributed by atoms with Crippen molar-refractivity contribution in [2.45, 2.75) is 12.7 Å². The van der Waals surface area contributed by atoms with Crippen LogP contribution in [0.25, 0.3) is 0 Å². The zero-order chi connectivity index (χ0) is 19.5. The molecule has 0 aliphatic carbocycles. The number of esters is 1. The first-order valence-electron chi connectivity index (χ1n) is 8.48. The maximum Gasteiger partial charge on any atom is 0.338 e. The number of hydrogen-bond donors (Lipinski definition) is 2. The fourth-order valence-electron chi connectivity index (χ4n) is 2.22. The number of carbonyl (C=O) groups is 3.